The Hall–Kier alpha value is -1.42. The highest BCUT2D eigenvalue weighted by molar-refractivity contribution is 5.77. The first kappa shape index (κ1) is 13.3. The standard InChI is InChI=1S/C17H23N3O/c21-17-4-3-15-16(7-10-19(15)11-13-1-2-13)20(17)12-14-5-8-18-9-6-14/h5-6,8-9,13,15-16H,1-4,7,10-12H2/t15-,16-/m0/s1. The van der Waals surface area contributed by atoms with Gasteiger partial charge in [-0.05, 0) is 49.3 Å². The maximum Gasteiger partial charge on any atom is 0.223 e. The van der Waals surface area contributed by atoms with E-state index in [1.165, 1.54) is 31.5 Å². The molecule has 112 valence electrons. The third-order valence-corrected chi connectivity index (χ3v) is 5.29. The van der Waals surface area contributed by atoms with E-state index in [0.29, 0.717) is 24.4 Å². The minimum Gasteiger partial charge on any atom is -0.334 e. The quantitative estimate of drug-likeness (QED) is 0.849. The first-order chi connectivity index (χ1) is 10.3. The number of piperidine rings is 1. The highest BCUT2D eigenvalue weighted by Crippen LogP contribution is 2.37. The number of carbonyl (C=O) groups excluding carboxylic acids is 1. The summed E-state index contributed by atoms with van der Waals surface area (Å²) in [6.07, 6.45) is 9.37. The fourth-order valence-electron chi connectivity index (χ4n) is 3.99. The van der Waals surface area contributed by atoms with Gasteiger partial charge in [-0.2, -0.15) is 0 Å². The van der Waals surface area contributed by atoms with E-state index in [9.17, 15) is 4.79 Å². The van der Waals surface area contributed by atoms with E-state index in [-0.39, 0.29) is 0 Å². The molecule has 4 nitrogen and oxygen atoms in total. The second kappa shape index (κ2) is 5.41. The summed E-state index contributed by atoms with van der Waals surface area (Å²) in [7, 11) is 0. The third-order valence-electron chi connectivity index (χ3n) is 5.29. The number of pyridine rings is 1. The first-order valence-electron chi connectivity index (χ1n) is 8.23. The van der Waals surface area contributed by atoms with E-state index < -0.39 is 0 Å². The van der Waals surface area contributed by atoms with Crippen LogP contribution in [0.15, 0.2) is 24.5 Å². The van der Waals surface area contributed by atoms with Crippen molar-refractivity contribution in [1.82, 2.24) is 14.8 Å². The molecule has 4 rings (SSSR count). The van der Waals surface area contributed by atoms with Crippen molar-refractivity contribution in [2.45, 2.75) is 50.7 Å². The summed E-state index contributed by atoms with van der Waals surface area (Å²) in [4.78, 5) is 21.2. The topological polar surface area (TPSA) is 36.4 Å². The normalized spacial score (nSPS) is 29.7. The molecule has 0 radical (unpaired) electrons. The number of rotatable bonds is 4. The highest BCUT2D eigenvalue weighted by atomic mass is 16.2. The van der Waals surface area contributed by atoms with Crippen molar-refractivity contribution >= 4 is 5.91 Å². The minimum atomic E-state index is 0.335. The summed E-state index contributed by atoms with van der Waals surface area (Å²) in [5.41, 5.74) is 1.19. The van der Waals surface area contributed by atoms with E-state index in [2.05, 4.69) is 14.8 Å². The predicted octanol–water partition coefficient (Wildman–Crippen LogP) is 2.06. The maximum absolute atomic E-state index is 12.4. The van der Waals surface area contributed by atoms with Crippen LogP contribution in [0.25, 0.3) is 0 Å². The fraction of sp³-hybridized carbons (Fsp3) is 0.647. The summed E-state index contributed by atoms with van der Waals surface area (Å²) in [6.45, 7) is 3.18. The van der Waals surface area contributed by atoms with Gasteiger partial charge in [0.05, 0.1) is 0 Å². The molecule has 0 aromatic carbocycles. The molecule has 1 aromatic rings. The summed E-state index contributed by atoms with van der Waals surface area (Å²) in [6, 6.07) is 5.07. The van der Waals surface area contributed by atoms with Crippen LogP contribution in [0.5, 0.6) is 0 Å². The molecule has 4 heteroatoms. The Morgan fingerprint density at radius 2 is 1.90 bits per heavy atom. The molecule has 1 aromatic heterocycles. The van der Waals surface area contributed by atoms with Crippen molar-refractivity contribution in [2.75, 3.05) is 13.1 Å². The molecule has 0 bridgehead atoms. The fourth-order valence-corrected chi connectivity index (χ4v) is 3.99. The molecule has 0 spiro atoms. The lowest BCUT2D eigenvalue weighted by Gasteiger charge is -2.40. The van der Waals surface area contributed by atoms with Gasteiger partial charge in [-0.15, -0.1) is 0 Å². The van der Waals surface area contributed by atoms with E-state index in [0.717, 1.165) is 25.3 Å². The lowest BCUT2D eigenvalue weighted by Crippen LogP contribution is -2.52. The van der Waals surface area contributed by atoms with Crippen molar-refractivity contribution in [2.24, 2.45) is 5.92 Å². The molecule has 3 heterocycles. The van der Waals surface area contributed by atoms with Crippen molar-refractivity contribution < 1.29 is 4.79 Å². The summed E-state index contributed by atoms with van der Waals surface area (Å²) < 4.78 is 0. The molecule has 2 saturated heterocycles. The molecule has 1 amide bonds. The molecular formula is C17H23N3O. The van der Waals surface area contributed by atoms with Crippen LogP contribution in [-0.4, -0.2) is 45.9 Å². The van der Waals surface area contributed by atoms with Gasteiger partial charge in [-0.1, -0.05) is 0 Å². The Morgan fingerprint density at radius 1 is 1.10 bits per heavy atom. The lowest BCUT2D eigenvalue weighted by molar-refractivity contribution is -0.138. The van der Waals surface area contributed by atoms with Gasteiger partial charge in [-0.3, -0.25) is 14.7 Å². The van der Waals surface area contributed by atoms with Crippen LogP contribution < -0.4 is 0 Å². The molecule has 0 N–H and O–H groups in total. The van der Waals surface area contributed by atoms with Crippen molar-refractivity contribution in [3.8, 4) is 0 Å². The highest BCUT2D eigenvalue weighted by Gasteiger charge is 2.44. The molecule has 1 saturated carbocycles. The van der Waals surface area contributed by atoms with E-state index in [4.69, 9.17) is 0 Å². The zero-order valence-corrected chi connectivity index (χ0v) is 12.4. The van der Waals surface area contributed by atoms with Gasteiger partial charge in [0.2, 0.25) is 5.91 Å². The van der Waals surface area contributed by atoms with Gasteiger partial charge in [0.25, 0.3) is 0 Å². The number of fused-ring (bicyclic) bond motifs is 1. The number of aromatic nitrogens is 1. The maximum atomic E-state index is 12.4. The van der Waals surface area contributed by atoms with Gasteiger partial charge in [0.15, 0.2) is 0 Å². The molecule has 21 heavy (non-hydrogen) atoms. The Morgan fingerprint density at radius 3 is 2.67 bits per heavy atom. The molecule has 3 aliphatic rings. The average molecular weight is 285 g/mol. The van der Waals surface area contributed by atoms with Crippen LogP contribution in [0.1, 0.15) is 37.7 Å². The molecule has 2 aliphatic heterocycles. The van der Waals surface area contributed by atoms with Crippen molar-refractivity contribution in [3.05, 3.63) is 30.1 Å². The van der Waals surface area contributed by atoms with Crippen molar-refractivity contribution in [1.29, 1.82) is 0 Å². The second-order valence-electron chi connectivity index (χ2n) is 6.78. The monoisotopic (exact) mass is 285 g/mol. The van der Waals surface area contributed by atoms with E-state index >= 15 is 0 Å². The van der Waals surface area contributed by atoms with Crippen LogP contribution in [0.3, 0.4) is 0 Å². The zero-order chi connectivity index (χ0) is 14.2. The van der Waals surface area contributed by atoms with Crippen LogP contribution in [-0.2, 0) is 11.3 Å². The molecular weight excluding hydrogens is 262 g/mol. The smallest absolute Gasteiger partial charge is 0.223 e. The van der Waals surface area contributed by atoms with E-state index in [1.54, 1.807) is 0 Å². The van der Waals surface area contributed by atoms with Gasteiger partial charge in [0.1, 0.15) is 0 Å². The zero-order valence-electron chi connectivity index (χ0n) is 12.4. The third kappa shape index (κ3) is 2.69. The van der Waals surface area contributed by atoms with Gasteiger partial charge >= 0.3 is 0 Å². The Bertz CT molecular complexity index is 514. The largest absolute Gasteiger partial charge is 0.334 e. The summed E-state index contributed by atoms with van der Waals surface area (Å²) >= 11 is 0. The molecule has 0 unspecified atom stereocenters. The number of hydrogen-bond donors (Lipinski definition) is 0. The minimum absolute atomic E-state index is 0.335. The molecule has 2 atom stereocenters. The van der Waals surface area contributed by atoms with Gasteiger partial charge < -0.3 is 4.90 Å². The average Bonchev–Trinajstić information content (AvgIpc) is 3.23. The SMILES string of the molecule is O=C1CC[C@H]2[C@H](CCN2CC2CC2)N1Cc1ccncc1. The van der Waals surface area contributed by atoms with Crippen LogP contribution in [0.4, 0.5) is 0 Å². The Balaban J connectivity index is 1.48. The molecule has 3 fully saturated rings. The number of amides is 1. The second-order valence-corrected chi connectivity index (χ2v) is 6.78. The number of hydrogen-bond acceptors (Lipinski definition) is 3. The number of carbonyl (C=O) groups is 1. The first-order valence-corrected chi connectivity index (χ1v) is 8.23. The van der Waals surface area contributed by atoms with Crippen LogP contribution in [0, 0.1) is 5.92 Å². The summed E-state index contributed by atoms with van der Waals surface area (Å²) in [5.74, 6) is 1.27. The lowest BCUT2D eigenvalue weighted by atomic mass is 9.95. The van der Waals surface area contributed by atoms with Crippen LogP contribution >= 0.6 is 0 Å². The number of likely N-dealkylation sites (tertiary alicyclic amines) is 2. The summed E-state index contributed by atoms with van der Waals surface area (Å²) in [5, 5.41) is 0. The molecule has 1 aliphatic carbocycles. The predicted molar refractivity (Wildman–Crippen MR) is 80.5 cm³/mol. The van der Waals surface area contributed by atoms with Crippen LogP contribution in [0.2, 0.25) is 0 Å². The Kier molecular flexibility index (Phi) is 3.42. The van der Waals surface area contributed by atoms with Crippen molar-refractivity contribution in [3.63, 3.8) is 0 Å². The van der Waals surface area contributed by atoms with E-state index in [1.807, 2.05) is 24.5 Å². The number of nitrogens with zero attached hydrogens (tertiary/aromatic N) is 3. The Labute approximate surface area is 126 Å². The van der Waals surface area contributed by atoms with Gasteiger partial charge in [-0.25, -0.2) is 0 Å². The van der Waals surface area contributed by atoms with Gasteiger partial charge in [0, 0.05) is 50.5 Å².